The van der Waals surface area contributed by atoms with E-state index in [1.54, 1.807) is 24.3 Å². The van der Waals surface area contributed by atoms with Crippen molar-refractivity contribution in [2.75, 3.05) is 37.2 Å². The number of likely N-dealkylation sites (N-methyl/N-ethyl adjacent to an activating group) is 1. The van der Waals surface area contributed by atoms with Gasteiger partial charge in [-0.25, -0.2) is 13.4 Å². The molecule has 0 aliphatic rings. The molecule has 0 aliphatic carbocycles. The highest BCUT2D eigenvalue weighted by molar-refractivity contribution is 9.10. The van der Waals surface area contributed by atoms with Crippen molar-refractivity contribution in [2.24, 2.45) is 0 Å². The van der Waals surface area contributed by atoms with Crippen LogP contribution in [0.2, 0.25) is 0 Å². The monoisotopic (exact) mass is 398 g/mol. The Balaban J connectivity index is 2.01. The van der Waals surface area contributed by atoms with E-state index in [9.17, 15) is 8.42 Å². The van der Waals surface area contributed by atoms with E-state index in [4.69, 9.17) is 0 Å². The van der Waals surface area contributed by atoms with Crippen LogP contribution in [0.4, 0.5) is 11.5 Å². The lowest BCUT2D eigenvalue weighted by atomic mass is 10.4. The fourth-order valence-electron chi connectivity index (χ4n) is 1.79. The third kappa shape index (κ3) is 5.49. The SMILES string of the molecule is CN(C)CCNc1ccc(NS(=O)(=O)c2ccc(Br)cc2)cn1. The number of halogens is 1. The van der Waals surface area contributed by atoms with Gasteiger partial charge in [0.15, 0.2) is 0 Å². The van der Waals surface area contributed by atoms with Crippen LogP contribution in [0.25, 0.3) is 0 Å². The summed E-state index contributed by atoms with van der Waals surface area (Å²) >= 11 is 3.28. The van der Waals surface area contributed by atoms with Crippen LogP contribution in [0.5, 0.6) is 0 Å². The van der Waals surface area contributed by atoms with E-state index in [2.05, 4.69) is 35.9 Å². The lowest BCUT2D eigenvalue weighted by molar-refractivity contribution is 0.425. The number of anilines is 2. The first-order chi connectivity index (χ1) is 10.9. The second kappa shape index (κ2) is 7.76. The molecular formula is C15H19BrN4O2S. The Morgan fingerprint density at radius 1 is 1.13 bits per heavy atom. The zero-order chi connectivity index (χ0) is 16.9. The quantitative estimate of drug-likeness (QED) is 0.749. The largest absolute Gasteiger partial charge is 0.369 e. The molecule has 0 amide bonds. The Bertz CT molecular complexity index is 731. The molecule has 1 heterocycles. The van der Waals surface area contributed by atoms with Gasteiger partial charge in [-0.05, 0) is 50.5 Å². The summed E-state index contributed by atoms with van der Waals surface area (Å²) in [5.74, 6) is 0.707. The first kappa shape index (κ1) is 17.7. The average Bonchev–Trinajstić information content (AvgIpc) is 2.49. The molecule has 0 saturated carbocycles. The van der Waals surface area contributed by atoms with Crippen molar-refractivity contribution in [3.05, 3.63) is 47.1 Å². The van der Waals surface area contributed by atoms with Gasteiger partial charge in [-0.2, -0.15) is 0 Å². The number of nitrogens with zero attached hydrogens (tertiary/aromatic N) is 2. The second-order valence-electron chi connectivity index (χ2n) is 5.22. The summed E-state index contributed by atoms with van der Waals surface area (Å²) in [6.45, 7) is 1.66. The average molecular weight is 399 g/mol. The van der Waals surface area contributed by atoms with Crippen molar-refractivity contribution >= 4 is 37.5 Å². The minimum Gasteiger partial charge on any atom is -0.369 e. The van der Waals surface area contributed by atoms with Crippen LogP contribution in [-0.2, 0) is 10.0 Å². The van der Waals surface area contributed by atoms with E-state index >= 15 is 0 Å². The molecular weight excluding hydrogens is 380 g/mol. The van der Waals surface area contributed by atoms with Crippen molar-refractivity contribution in [1.29, 1.82) is 0 Å². The van der Waals surface area contributed by atoms with Crippen LogP contribution in [0.15, 0.2) is 52.0 Å². The fraction of sp³-hybridized carbons (Fsp3) is 0.267. The minimum atomic E-state index is -3.61. The van der Waals surface area contributed by atoms with Crippen molar-refractivity contribution < 1.29 is 8.42 Å². The number of rotatable bonds is 7. The van der Waals surface area contributed by atoms with E-state index < -0.39 is 10.0 Å². The smallest absolute Gasteiger partial charge is 0.261 e. The minimum absolute atomic E-state index is 0.203. The van der Waals surface area contributed by atoms with E-state index in [-0.39, 0.29) is 4.90 Å². The molecule has 0 aliphatic heterocycles. The number of hydrogen-bond donors (Lipinski definition) is 2. The van der Waals surface area contributed by atoms with Crippen LogP contribution < -0.4 is 10.0 Å². The Morgan fingerprint density at radius 3 is 2.39 bits per heavy atom. The van der Waals surface area contributed by atoms with Gasteiger partial charge in [-0.15, -0.1) is 0 Å². The standard InChI is InChI=1S/C15H19BrN4O2S/c1-20(2)10-9-17-15-8-5-13(11-18-15)19-23(21,22)14-6-3-12(16)4-7-14/h3-8,11,19H,9-10H2,1-2H3,(H,17,18). The van der Waals surface area contributed by atoms with E-state index in [0.717, 1.165) is 17.6 Å². The van der Waals surface area contributed by atoms with Gasteiger partial charge in [0.25, 0.3) is 10.0 Å². The van der Waals surface area contributed by atoms with Gasteiger partial charge in [-0.1, -0.05) is 15.9 Å². The molecule has 2 rings (SSSR count). The van der Waals surface area contributed by atoms with Crippen molar-refractivity contribution in [1.82, 2.24) is 9.88 Å². The Labute approximate surface area is 145 Å². The molecule has 0 unspecified atom stereocenters. The number of pyridine rings is 1. The maximum absolute atomic E-state index is 12.3. The van der Waals surface area contributed by atoms with E-state index in [1.807, 2.05) is 14.1 Å². The molecule has 124 valence electrons. The molecule has 6 nitrogen and oxygen atoms in total. The number of aromatic nitrogens is 1. The molecule has 0 atom stereocenters. The number of nitrogens with one attached hydrogen (secondary N) is 2. The highest BCUT2D eigenvalue weighted by Crippen LogP contribution is 2.18. The van der Waals surface area contributed by atoms with E-state index in [0.29, 0.717) is 11.5 Å². The summed E-state index contributed by atoms with van der Waals surface area (Å²) in [5.41, 5.74) is 0.422. The van der Waals surface area contributed by atoms with Gasteiger partial charge >= 0.3 is 0 Å². The van der Waals surface area contributed by atoms with Crippen molar-refractivity contribution in [3.63, 3.8) is 0 Å². The normalized spacial score (nSPS) is 11.5. The van der Waals surface area contributed by atoms with Crippen LogP contribution in [0.3, 0.4) is 0 Å². The molecule has 1 aromatic heterocycles. The summed E-state index contributed by atoms with van der Waals surface area (Å²) in [6, 6.07) is 9.87. The molecule has 0 saturated heterocycles. The van der Waals surface area contributed by atoms with Crippen LogP contribution in [-0.4, -0.2) is 45.5 Å². The molecule has 2 aromatic rings. The van der Waals surface area contributed by atoms with Gasteiger partial charge in [0.2, 0.25) is 0 Å². The van der Waals surface area contributed by atoms with Gasteiger partial charge in [0, 0.05) is 17.6 Å². The van der Waals surface area contributed by atoms with Gasteiger partial charge in [0.1, 0.15) is 5.82 Å². The number of benzene rings is 1. The van der Waals surface area contributed by atoms with Gasteiger partial charge < -0.3 is 10.2 Å². The van der Waals surface area contributed by atoms with Crippen LogP contribution >= 0.6 is 15.9 Å². The number of hydrogen-bond acceptors (Lipinski definition) is 5. The molecule has 2 N–H and O–H groups in total. The first-order valence-electron chi connectivity index (χ1n) is 7.00. The van der Waals surface area contributed by atoms with Crippen molar-refractivity contribution in [2.45, 2.75) is 4.90 Å². The predicted octanol–water partition coefficient (Wildman–Crippen LogP) is 2.62. The molecule has 0 radical (unpaired) electrons. The zero-order valence-corrected chi connectivity index (χ0v) is 15.4. The third-order valence-electron chi connectivity index (χ3n) is 3.00. The summed E-state index contributed by atoms with van der Waals surface area (Å²) in [4.78, 5) is 6.47. The molecule has 0 spiro atoms. The Hall–Kier alpha value is -1.64. The molecule has 23 heavy (non-hydrogen) atoms. The van der Waals surface area contributed by atoms with Crippen LogP contribution in [0.1, 0.15) is 0 Å². The fourth-order valence-corrected chi connectivity index (χ4v) is 3.10. The molecule has 8 heteroatoms. The third-order valence-corrected chi connectivity index (χ3v) is 4.93. The van der Waals surface area contributed by atoms with Crippen LogP contribution in [0, 0.1) is 0 Å². The molecule has 0 bridgehead atoms. The zero-order valence-electron chi connectivity index (χ0n) is 13.0. The maximum atomic E-state index is 12.3. The highest BCUT2D eigenvalue weighted by Gasteiger charge is 2.14. The lowest BCUT2D eigenvalue weighted by Crippen LogP contribution is -2.21. The summed E-state index contributed by atoms with van der Waals surface area (Å²) in [5, 5.41) is 3.17. The molecule has 0 fully saturated rings. The first-order valence-corrected chi connectivity index (χ1v) is 9.27. The summed E-state index contributed by atoms with van der Waals surface area (Å²) in [6.07, 6.45) is 1.49. The summed E-state index contributed by atoms with van der Waals surface area (Å²) < 4.78 is 27.9. The van der Waals surface area contributed by atoms with Gasteiger partial charge in [-0.3, -0.25) is 4.72 Å². The topological polar surface area (TPSA) is 74.3 Å². The Morgan fingerprint density at radius 2 is 1.83 bits per heavy atom. The van der Waals surface area contributed by atoms with Gasteiger partial charge in [0.05, 0.1) is 16.8 Å². The lowest BCUT2D eigenvalue weighted by Gasteiger charge is -2.11. The molecule has 1 aromatic carbocycles. The van der Waals surface area contributed by atoms with Crippen molar-refractivity contribution in [3.8, 4) is 0 Å². The second-order valence-corrected chi connectivity index (χ2v) is 7.82. The maximum Gasteiger partial charge on any atom is 0.261 e. The number of sulfonamides is 1. The summed E-state index contributed by atoms with van der Waals surface area (Å²) in [7, 11) is 0.381. The Kier molecular flexibility index (Phi) is 5.97. The van der Waals surface area contributed by atoms with E-state index in [1.165, 1.54) is 18.3 Å². The predicted molar refractivity (Wildman–Crippen MR) is 96.2 cm³/mol. The highest BCUT2D eigenvalue weighted by atomic mass is 79.9.